The number of anilines is 1. The van der Waals surface area contributed by atoms with Crippen molar-refractivity contribution in [2.75, 3.05) is 12.3 Å². The Bertz CT molecular complexity index is 501. The van der Waals surface area contributed by atoms with Gasteiger partial charge in [0.25, 0.3) is 0 Å². The first-order chi connectivity index (χ1) is 9.08. The van der Waals surface area contributed by atoms with Crippen LogP contribution in [-0.2, 0) is 9.53 Å². The van der Waals surface area contributed by atoms with Gasteiger partial charge in [0.15, 0.2) is 0 Å². The molecule has 19 heavy (non-hydrogen) atoms. The molecule has 1 aromatic rings. The average molecular weight is 327 g/mol. The van der Waals surface area contributed by atoms with E-state index >= 15 is 0 Å². The first-order valence-corrected chi connectivity index (χ1v) is 6.87. The molecule has 6 heteroatoms. The molecule has 0 radical (unpaired) electrons. The Morgan fingerprint density at radius 1 is 1.42 bits per heavy atom. The van der Waals surface area contributed by atoms with Crippen LogP contribution in [0.4, 0.5) is 5.69 Å². The number of nitrogens with two attached hydrogens (primary N) is 1. The van der Waals surface area contributed by atoms with Crippen molar-refractivity contribution in [2.24, 2.45) is 0 Å². The number of ether oxygens (including phenoxy) is 1. The van der Waals surface area contributed by atoms with Gasteiger partial charge in [0.2, 0.25) is 5.91 Å². The van der Waals surface area contributed by atoms with Gasteiger partial charge in [-0.3, -0.25) is 4.79 Å². The summed E-state index contributed by atoms with van der Waals surface area (Å²) in [7, 11) is 0. The fourth-order valence-corrected chi connectivity index (χ4v) is 1.98. The van der Waals surface area contributed by atoms with Crippen molar-refractivity contribution in [2.45, 2.75) is 25.3 Å². The molecule has 1 aromatic carbocycles. The zero-order valence-corrected chi connectivity index (χ0v) is 11.9. The number of esters is 1. The number of carbonyl (C=O) groups is 2. The van der Waals surface area contributed by atoms with Crippen LogP contribution in [0.2, 0.25) is 0 Å². The molecule has 0 aromatic heterocycles. The lowest BCUT2D eigenvalue weighted by Crippen LogP contribution is -2.26. The van der Waals surface area contributed by atoms with Gasteiger partial charge in [-0.15, -0.1) is 0 Å². The summed E-state index contributed by atoms with van der Waals surface area (Å²) in [5.74, 6) is -0.569. The average Bonchev–Trinajstić information content (AvgIpc) is 3.16. The monoisotopic (exact) mass is 326 g/mol. The molecule has 0 atom stereocenters. The Kier molecular flexibility index (Phi) is 4.42. The number of nitrogens with one attached hydrogen (secondary N) is 1. The molecule has 0 bridgehead atoms. The Hall–Kier alpha value is -1.56. The van der Waals surface area contributed by atoms with Gasteiger partial charge in [-0.05, 0) is 40.9 Å². The molecule has 0 aliphatic heterocycles. The van der Waals surface area contributed by atoms with Crippen LogP contribution < -0.4 is 11.1 Å². The SMILES string of the molecule is Nc1cccc(C(=O)OCCC(=O)NC2CC2)c1Br. The third-order valence-corrected chi connectivity index (χ3v) is 3.64. The summed E-state index contributed by atoms with van der Waals surface area (Å²) in [6.07, 6.45) is 2.27. The Morgan fingerprint density at radius 2 is 2.16 bits per heavy atom. The molecular formula is C13H15BrN2O3. The third-order valence-electron chi connectivity index (χ3n) is 2.75. The summed E-state index contributed by atoms with van der Waals surface area (Å²) in [6, 6.07) is 5.30. The largest absolute Gasteiger partial charge is 0.462 e. The molecular weight excluding hydrogens is 312 g/mol. The van der Waals surface area contributed by atoms with Crippen LogP contribution in [0, 0.1) is 0 Å². The minimum Gasteiger partial charge on any atom is -0.462 e. The fourth-order valence-electron chi connectivity index (χ4n) is 1.55. The van der Waals surface area contributed by atoms with E-state index in [1.807, 2.05) is 0 Å². The van der Waals surface area contributed by atoms with Gasteiger partial charge in [-0.2, -0.15) is 0 Å². The zero-order chi connectivity index (χ0) is 13.8. The van der Waals surface area contributed by atoms with Crippen LogP contribution in [0.15, 0.2) is 22.7 Å². The molecule has 5 nitrogen and oxygen atoms in total. The van der Waals surface area contributed by atoms with Gasteiger partial charge < -0.3 is 15.8 Å². The summed E-state index contributed by atoms with van der Waals surface area (Å²) >= 11 is 3.24. The number of hydrogen-bond acceptors (Lipinski definition) is 4. The number of halogens is 1. The van der Waals surface area contributed by atoms with Gasteiger partial charge >= 0.3 is 5.97 Å². The van der Waals surface area contributed by atoms with E-state index in [0.29, 0.717) is 21.8 Å². The van der Waals surface area contributed by atoms with E-state index in [4.69, 9.17) is 10.5 Å². The van der Waals surface area contributed by atoms with Crippen LogP contribution >= 0.6 is 15.9 Å². The van der Waals surface area contributed by atoms with Gasteiger partial charge in [-0.1, -0.05) is 6.07 Å². The first kappa shape index (κ1) is 13.9. The summed E-state index contributed by atoms with van der Waals surface area (Å²) in [5, 5.41) is 2.83. The Morgan fingerprint density at radius 3 is 2.84 bits per heavy atom. The lowest BCUT2D eigenvalue weighted by atomic mass is 10.2. The topological polar surface area (TPSA) is 81.4 Å². The van der Waals surface area contributed by atoms with Crippen molar-refractivity contribution >= 4 is 33.5 Å². The van der Waals surface area contributed by atoms with Crippen LogP contribution in [-0.4, -0.2) is 24.5 Å². The number of benzene rings is 1. The van der Waals surface area contributed by atoms with Gasteiger partial charge in [0.1, 0.15) is 6.61 Å². The second-order valence-electron chi connectivity index (χ2n) is 4.44. The molecule has 0 heterocycles. The number of rotatable bonds is 5. The minimum atomic E-state index is -0.488. The van der Waals surface area contributed by atoms with Crippen LogP contribution in [0.5, 0.6) is 0 Å². The summed E-state index contributed by atoms with van der Waals surface area (Å²) < 4.78 is 5.57. The molecule has 1 aliphatic carbocycles. The van der Waals surface area contributed by atoms with Crippen molar-refractivity contribution in [1.82, 2.24) is 5.32 Å². The van der Waals surface area contributed by atoms with E-state index in [2.05, 4.69) is 21.2 Å². The Labute approximate surface area is 119 Å². The van der Waals surface area contributed by atoms with Crippen molar-refractivity contribution in [3.05, 3.63) is 28.2 Å². The van der Waals surface area contributed by atoms with Crippen molar-refractivity contribution in [3.63, 3.8) is 0 Å². The third kappa shape index (κ3) is 3.96. The summed E-state index contributed by atoms with van der Waals surface area (Å²) in [6.45, 7) is 0.0681. The highest BCUT2D eigenvalue weighted by Gasteiger charge is 2.23. The second kappa shape index (κ2) is 6.06. The minimum absolute atomic E-state index is 0.0681. The van der Waals surface area contributed by atoms with Gasteiger partial charge in [0.05, 0.1) is 16.5 Å². The zero-order valence-electron chi connectivity index (χ0n) is 10.3. The fraction of sp³-hybridized carbons (Fsp3) is 0.385. The van der Waals surface area contributed by atoms with E-state index < -0.39 is 5.97 Å². The van der Waals surface area contributed by atoms with Gasteiger partial charge in [0, 0.05) is 11.7 Å². The number of hydrogen-bond donors (Lipinski definition) is 2. The smallest absolute Gasteiger partial charge is 0.339 e. The predicted octanol–water partition coefficient (Wildman–Crippen LogP) is 1.86. The standard InChI is InChI=1S/C13H15BrN2O3/c14-12-9(2-1-3-10(12)15)13(18)19-7-6-11(17)16-8-4-5-8/h1-3,8H,4-7,15H2,(H,16,17). The van der Waals surface area contributed by atoms with Crippen molar-refractivity contribution in [1.29, 1.82) is 0 Å². The van der Waals surface area contributed by atoms with E-state index in [0.717, 1.165) is 12.8 Å². The molecule has 1 amide bonds. The number of nitrogen functional groups attached to an aromatic ring is 1. The van der Waals surface area contributed by atoms with Crippen LogP contribution in [0.1, 0.15) is 29.6 Å². The highest BCUT2D eigenvalue weighted by molar-refractivity contribution is 9.10. The van der Waals surface area contributed by atoms with Crippen LogP contribution in [0.25, 0.3) is 0 Å². The molecule has 0 saturated heterocycles. The van der Waals surface area contributed by atoms with E-state index in [1.165, 1.54) is 0 Å². The lowest BCUT2D eigenvalue weighted by Gasteiger charge is -2.08. The molecule has 1 aliphatic rings. The maximum absolute atomic E-state index is 11.8. The van der Waals surface area contributed by atoms with Crippen molar-refractivity contribution in [3.8, 4) is 0 Å². The molecule has 3 N–H and O–H groups in total. The first-order valence-electron chi connectivity index (χ1n) is 6.08. The second-order valence-corrected chi connectivity index (χ2v) is 5.23. The van der Waals surface area contributed by atoms with Gasteiger partial charge in [-0.25, -0.2) is 4.79 Å². The Balaban J connectivity index is 1.80. The number of carbonyl (C=O) groups excluding carboxylic acids is 2. The molecule has 1 fully saturated rings. The highest BCUT2D eigenvalue weighted by Crippen LogP contribution is 2.24. The predicted molar refractivity (Wildman–Crippen MR) is 74.6 cm³/mol. The highest BCUT2D eigenvalue weighted by atomic mass is 79.9. The normalized spacial score (nSPS) is 13.9. The van der Waals surface area contributed by atoms with E-state index in [9.17, 15) is 9.59 Å². The maximum Gasteiger partial charge on any atom is 0.339 e. The lowest BCUT2D eigenvalue weighted by molar-refractivity contribution is -0.121. The van der Waals surface area contributed by atoms with Crippen LogP contribution in [0.3, 0.4) is 0 Å². The molecule has 102 valence electrons. The van der Waals surface area contributed by atoms with Crippen molar-refractivity contribution < 1.29 is 14.3 Å². The maximum atomic E-state index is 11.8. The molecule has 0 spiro atoms. The van der Waals surface area contributed by atoms with E-state index in [-0.39, 0.29) is 18.9 Å². The molecule has 2 rings (SSSR count). The van der Waals surface area contributed by atoms with E-state index in [1.54, 1.807) is 18.2 Å². The number of amides is 1. The summed E-state index contributed by atoms with van der Waals surface area (Å²) in [5.41, 5.74) is 6.51. The molecule has 1 saturated carbocycles. The summed E-state index contributed by atoms with van der Waals surface area (Å²) in [4.78, 5) is 23.2. The quantitative estimate of drug-likeness (QED) is 0.639. The molecule has 0 unspecified atom stereocenters.